The molecule has 184 valence electrons. The van der Waals surface area contributed by atoms with Crippen LogP contribution in [0.3, 0.4) is 0 Å². The van der Waals surface area contributed by atoms with Crippen molar-refractivity contribution in [2.45, 2.75) is 42.1 Å². The normalized spacial score (nSPS) is 13.2. The van der Waals surface area contributed by atoms with Crippen molar-refractivity contribution in [1.82, 2.24) is 29.2 Å². The van der Waals surface area contributed by atoms with Crippen LogP contribution in [0.4, 0.5) is 5.82 Å². The molecular weight excluding hydrogens is 494 g/mol. The number of imidazole rings is 1. The zero-order valence-corrected chi connectivity index (χ0v) is 20.6. The average molecular weight is 518 g/mol. The van der Waals surface area contributed by atoms with Gasteiger partial charge in [0.2, 0.25) is 22.7 Å². The minimum Gasteiger partial charge on any atom is -0.454 e. The first kappa shape index (κ1) is 23.4. The van der Waals surface area contributed by atoms with E-state index in [1.807, 2.05) is 16.7 Å². The second-order valence-corrected chi connectivity index (χ2v) is 11.3. The van der Waals surface area contributed by atoms with Gasteiger partial charge in [-0.2, -0.15) is 0 Å². The molecule has 0 saturated heterocycles. The van der Waals surface area contributed by atoms with E-state index < -0.39 is 15.3 Å². The number of nitrogen functional groups attached to an aromatic ring is 1. The summed E-state index contributed by atoms with van der Waals surface area (Å²) in [4.78, 5) is 18.2. The summed E-state index contributed by atoms with van der Waals surface area (Å²) in [7, 11) is -3.35. The molecule has 1 aliphatic rings. The summed E-state index contributed by atoms with van der Waals surface area (Å²) in [6, 6.07) is 3.67. The lowest BCUT2D eigenvalue weighted by atomic mass is 10.2. The number of benzene rings is 1. The number of fused-ring (bicyclic) bond motifs is 2. The van der Waals surface area contributed by atoms with E-state index in [4.69, 9.17) is 24.6 Å². The molecule has 0 radical (unpaired) electrons. The Morgan fingerprint density at radius 3 is 2.74 bits per heavy atom. The maximum absolute atomic E-state index is 12.1. The van der Waals surface area contributed by atoms with Gasteiger partial charge in [-0.3, -0.25) is 0 Å². The van der Waals surface area contributed by atoms with E-state index in [0.717, 1.165) is 4.90 Å². The van der Waals surface area contributed by atoms with Crippen LogP contribution in [0, 0.1) is 0 Å². The molecule has 0 amide bonds. The van der Waals surface area contributed by atoms with Crippen LogP contribution in [-0.4, -0.2) is 51.5 Å². The number of aryl methyl sites for hydroxylation is 1. The summed E-state index contributed by atoms with van der Waals surface area (Å²) in [5.41, 5.74) is 7.81. The fourth-order valence-corrected chi connectivity index (χ4v) is 5.27. The highest BCUT2D eigenvalue weighted by atomic mass is 32.2. The first-order valence-corrected chi connectivity index (χ1v) is 13.2. The lowest BCUT2D eigenvalue weighted by Gasteiger charge is -2.12. The highest BCUT2D eigenvalue weighted by Gasteiger charge is 2.24. The monoisotopic (exact) mass is 517 g/mol. The van der Waals surface area contributed by atoms with Crippen molar-refractivity contribution < 1.29 is 22.3 Å². The molecule has 12 nitrogen and oxygen atoms in total. The summed E-state index contributed by atoms with van der Waals surface area (Å²) in [5.74, 6) is 1.89. The Morgan fingerprint density at radius 2 is 2.00 bits per heavy atom. The summed E-state index contributed by atoms with van der Waals surface area (Å²) < 4.78 is 45.3. The fraction of sp³-hybridized carbons (Fsp3) is 0.333. The highest BCUT2D eigenvalue weighted by Crippen LogP contribution is 2.44. The van der Waals surface area contributed by atoms with E-state index in [1.54, 1.807) is 20.0 Å². The van der Waals surface area contributed by atoms with Crippen molar-refractivity contribution in [2.75, 3.05) is 19.1 Å². The molecular formula is C21H23N7O5S2. The van der Waals surface area contributed by atoms with Gasteiger partial charge < -0.3 is 24.2 Å². The third-order valence-corrected chi connectivity index (χ3v) is 8.25. The van der Waals surface area contributed by atoms with Gasteiger partial charge >= 0.3 is 0 Å². The lowest BCUT2D eigenvalue weighted by molar-refractivity contribution is 0.174. The molecule has 0 saturated carbocycles. The Balaban J connectivity index is 1.49. The van der Waals surface area contributed by atoms with Crippen LogP contribution in [-0.2, 0) is 16.6 Å². The van der Waals surface area contributed by atoms with E-state index >= 15 is 0 Å². The van der Waals surface area contributed by atoms with Crippen LogP contribution in [0.25, 0.3) is 22.6 Å². The molecule has 3 N–H and O–H groups in total. The van der Waals surface area contributed by atoms with Crippen molar-refractivity contribution in [3.05, 3.63) is 30.9 Å². The van der Waals surface area contributed by atoms with E-state index in [2.05, 4.69) is 19.7 Å². The van der Waals surface area contributed by atoms with Gasteiger partial charge in [0, 0.05) is 18.0 Å². The van der Waals surface area contributed by atoms with Gasteiger partial charge in [-0.1, -0.05) is 11.8 Å². The maximum atomic E-state index is 12.1. The number of nitrogens with one attached hydrogen (secondary N) is 1. The van der Waals surface area contributed by atoms with Crippen molar-refractivity contribution >= 4 is 38.8 Å². The van der Waals surface area contributed by atoms with E-state index in [1.165, 1.54) is 24.4 Å². The fourth-order valence-electron chi connectivity index (χ4n) is 3.46. The minimum absolute atomic E-state index is 0.130. The Kier molecular flexibility index (Phi) is 6.25. The summed E-state index contributed by atoms with van der Waals surface area (Å²) in [5, 5.41) is 0.0976. The molecule has 0 unspecified atom stereocenters. The molecule has 0 bridgehead atoms. The van der Waals surface area contributed by atoms with Crippen LogP contribution in [0.2, 0.25) is 0 Å². The number of nitrogens with zero attached hydrogens (tertiary/aromatic N) is 5. The van der Waals surface area contributed by atoms with Crippen molar-refractivity contribution in [1.29, 1.82) is 0 Å². The Labute approximate surface area is 205 Å². The molecule has 1 aromatic carbocycles. The number of ether oxygens (including phenoxy) is 2. The average Bonchev–Trinajstić information content (AvgIpc) is 3.57. The predicted octanol–water partition coefficient (Wildman–Crippen LogP) is 2.66. The molecule has 35 heavy (non-hydrogen) atoms. The molecule has 5 rings (SSSR count). The largest absolute Gasteiger partial charge is 0.454 e. The quantitative estimate of drug-likeness (QED) is 0.314. The zero-order chi connectivity index (χ0) is 24.6. The number of oxazole rings is 1. The second-order valence-electron chi connectivity index (χ2n) is 7.96. The van der Waals surface area contributed by atoms with Gasteiger partial charge in [-0.25, -0.2) is 33.1 Å². The van der Waals surface area contributed by atoms with Crippen LogP contribution in [0.5, 0.6) is 11.5 Å². The number of nitrogens with two attached hydrogens (primary N) is 1. The van der Waals surface area contributed by atoms with E-state index in [9.17, 15) is 8.42 Å². The topological polar surface area (TPSA) is 160 Å². The number of hydrogen-bond donors (Lipinski definition) is 2. The van der Waals surface area contributed by atoms with E-state index in [0.29, 0.717) is 52.2 Å². The molecule has 0 atom stereocenters. The second kappa shape index (κ2) is 9.36. The number of hydrogen-bond acceptors (Lipinski definition) is 11. The van der Waals surface area contributed by atoms with Crippen LogP contribution in [0.1, 0.15) is 20.3 Å². The Bertz CT molecular complexity index is 1470. The third-order valence-electron chi connectivity index (χ3n) is 5.35. The Hall–Kier alpha value is -3.36. The Morgan fingerprint density at radius 1 is 1.20 bits per heavy atom. The third kappa shape index (κ3) is 4.63. The number of anilines is 1. The van der Waals surface area contributed by atoms with Crippen LogP contribution < -0.4 is 19.9 Å². The van der Waals surface area contributed by atoms with Gasteiger partial charge in [-0.15, -0.1) is 0 Å². The zero-order valence-electron chi connectivity index (χ0n) is 19.0. The lowest BCUT2D eigenvalue weighted by Crippen LogP contribution is -2.31. The highest BCUT2D eigenvalue weighted by molar-refractivity contribution is 7.99. The molecule has 14 heteroatoms. The van der Waals surface area contributed by atoms with Gasteiger partial charge in [0.1, 0.15) is 12.6 Å². The predicted molar refractivity (Wildman–Crippen MR) is 129 cm³/mol. The maximum Gasteiger partial charge on any atom is 0.231 e. The first-order chi connectivity index (χ1) is 16.8. The van der Waals surface area contributed by atoms with Gasteiger partial charge in [-0.05, 0) is 32.4 Å². The summed E-state index contributed by atoms with van der Waals surface area (Å²) >= 11 is 1.36. The molecule has 4 aromatic rings. The SMILES string of the molecule is CC(C)S(=O)(=O)NCCCn1c(Sc2cc3c(cc2-c2ncco2)OCO3)nc2c(N)ncnc21. The molecule has 3 aromatic heterocycles. The van der Waals surface area contributed by atoms with E-state index in [-0.39, 0.29) is 19.2 Å². The van der Waals surface area contributed by atoms with Gasteiger partial charge in [0.05, 0.1) is 17.0 Å². The first-order valence-electron chi connectivity index (χ1n) is 10.8. The number of rotatable bonds is 9. The summed E-state index contributed by atoms with van der Waals surface area (Å²) in [6.07, 6.45) is 4.96. The minimum atomic E-state index is -3.35. The van der Waals surface area contributed by atoms with Gasteiger partial charge in [0.15, 0.2) is 33.6 Å². The molecule has 4 heterocycles. The van der Waals surface area contributed by atoms with Crippen molar-refractivity contribution in [2.24, 2.45) is 0 Å². The number of aromatic nitrogens is 5. The molecule has 0 aliphatic carbocycles. The smallest absolute Gasteiger partial charge is 0.231 e. The number of sulfonamides is 1. The molecule has 0 fully saturated rings. The summed E-state index contributed by atoms with van der Waals surface area (Å²) in [6.45, 7) is 4.13. The van der Waals surface area contributed by atoms with Crippen LogP contribution >= 0.6 is 11.8 Å². The van der Waals surface area contributed by atoms with Gasteiger partial charge in [0.25, 0.3) is 0 Å². The molecule has 1 aliphatic heterocycles. The van der Waals surface area contributed by atoms with Crippen molar-refractivity contribution in [3.63, 3.8) is 0 Å². The van der Waals surface area contributed by atoms with Crippen molar-refractivity contribution in [3.8, 4) is 23.0 Å². The standard InChI is InChI=1S/C21H23N7O5S2/c1-12(2)35(29,30)26-4-3-6-28-19-17(18(22)24-10-25-19)27-21(28)34-16-9-15-14(32-11-33-15)8-13(16)20-23-5-7-31-20/h5,7-10,12,26H,3-4,6,11H2,1-2H3,(H2,22,24,25). The molecule has 0 spiro atoms. The van der Waals surface area contributed by atoms with Crippen LogP contribution in [0.15, 0.2) is 45.4 Å².